The maximum absolute atomic E-state index is 11.1. The molecule has 2 aromatic rings. The van der Waals surface area contributed by atoms with E-state index in [9.17, 15) is 15.3 Å². The fraction of sp³-hybridized carbons (Fsp3) is 0.571. The van der Waals surface area contributed by atoms with Crippen LogP contribution in [-0.2, 0) is 26.1 Å². The van der Waals surface area contributed by atoms with E-state index in [1.807, 2.05) is 37.3 Å². The Balaban J connectivity index is 1.91. The molecular weight excluding hydrogens is 512 g/mol. The molecule has 0 aliphatic carbocycles. The highest BCUT2D eigenvalue weighted by atomic mass is 35.5. The lowest BCUT2D eigenvalue weighted by molar-refractivity contribution is -0.365. The SMILES string of the molecule is CCOc1ccc(Cc2cc([C@]3(OC)O[C@H](CO[Si](C)(C)C(C)(C)C)[C@@H](O)[C@H](O)[C@H]3O)ccc2Cl)cc1. The van der Waals surface area contributed by atoms with E-state index in [1.54, 1.807) is 12.1 Å². The van der Waals surface area contributed by atoms with Crippen molar-refractivity contribution < 1.29 is 34.0 Å². The standard InChI is InChI=1S/C28H41ClO7Si/c1-8-34-21-12-9-18(10-13-21)15-19-16-20(11-14-22(19)29)28(33-5)26(32)25(31)24(30)23(36-28)17-35-37(6,7)27(2,3)4/h9-14,16,23-26,30-32H,8,15,17H2,1-7H3/t23-,24-,25+,26-,28+/m1/s1. The number of hydrogen-bond acceptors (Lipinski definition) is 7. The molecule has 0 radical (unpaired) electrons. The number of rotatable bonds is 9. The van der Waals surface area contributed by atoms with Crippen LogP contribution >= 0.6 is 11.6 Å². The van der Waals surface area contributed by atoms with Crippen LogP contribution in [0.4, 0.5) is 0 Å². The summed E-state index contributed by atoms with van der Waals surface area (Å²) in [4.78, 5) is 0. The van der Waals surface area contributed by atoms with Crippen molar-refractivity contribution in [3.05, 3.63) is 64.2 Å². The third kappa shape index (κ3) is 6.40. The molecule has 0 aromatic heterocycles. The molecule has 0 unspecified atom stereocenters. The van der Waals surface area contributed by atoms with Crippen molar-refractivity contribution in [2.24, 2.45) is 0 Å². The van der Waals surface area contributed by atoms with Crippen LogP contribution in [0.1, 0.15) is 44.4 Å². The molecule has 0 saturated carbocycles. The highest BCUT2D eigenvalue weighted by Gasteiger charge is 2.55. The van der Waals surface area contributed by atoms with E-state index < -0.39 is 38.5 Å². The Kier molecular flexibility index (Phi) is 9.52. The van der Waals surface area contributed by atoms with Crippen LogP contribution in [0, 0.1) is 0 Å². The molecule has 1 aliphatic heterocycles. The van der Waals surface area contributed by atoms with Crippen molar-refractivity contribution in [1.82, 2.24) is 0 Å². The van der Waals surface area contributed by atoms with Crippen molar-refractivity contribution in [3.63, 3.8) is 0 Å². The third-order valence-corrected chi connectivity index (χ3v) is 12.4. The first-order valence-corrected chi connectivity index (χ1v) is 16.0. The summed E-state index contributed by atoms with van der Waals surface area (Å²) < 4.78 is 23.8. The maximum Gasteiger partial charge on any atom is 0.224 e. The van der Waals surface area contributed by atoms with E-state index in [-0.39, 0.29) is 11.6 Å². The number of benzene rings is 2. The fourth-order valence-corrected chi connectivity index (χ4v) is 5.38. The van der Waals surface area contributed by atoms with Gasteiger partial charge in [0.05, 0.1) is 13.2 Å². The predicted octanol–water partition coefficient (Wildman–Crippen LogP) is 4.63. The van der Waals surface area contributed by atoms with E-state index in [0.29, 0.717) is 23.6 Å². The largest absolute Gasteiger partial charge is 0.494 e. The number of ether oxygens (including phenoxy) is 3. The second-order valence-electron chi connectivity index (χ2n) is 11.1. The highest BCUT2D eigenvalue weighted by Crippen LogP contribution is 2.42. The predicted molar refractivity (Wildman–Crippen MR) is 147 cm³/mol. The second kappa shape index (κ2) is 11.7. The van der Waals surface area contributed by atoms with Gasteiger partial charge in [0.1, 0.15) is 30.2 Å². The minimum Gasteiger partial charge on any atom is -0.494 e. The molecule has 0 spiro atoms. The van der Waals surface area contributed by atoms with Crippen LogP contribution in [0.2, 0.25) is 23.2 Å². The summed E-state index contributed by atoms with van der Waals surface area (Å²) in [6.07, 6.45) is -4.79. The zero-order valence-corrected chi connectivity index (χ0v) is 24.6. The number of methoxy groups -OCH3 is 1. The molecule has 1 fully saturated rings. The van der Waals surface area contributed by atoms with Gasteiger partial charge >= 0.3 is 0 Å². The minimum absolute atomic E-state index is 0.0466. The van der Waals surface area contributed by atoms with Gasteiger partial charge in [-0.05, 0) is 66.9 Å². The summed E-state index contributed by atoms with van der Waals surface area (Å²) in [5.41, 5.74) is 2.30. The molecule has 1 heterocycles. The first-order chi connectivity index (χ1) is 17.3. The second-order valence-corrected chi connectivity index (χ2v) is 16.3. The van der Waals surface area contributed by atoms with E-state index >= 15 is 0 Å². The van der Waals surface area contributed by atoms with E-state index in [2.05, 4.69) is 33.9 Å². The van der Waals surface area contributed by atoms with Crippen molar-refractivity contribution >= 4 is 19.9 Å². The van der Waals surface area contributed by atoms with Gasteiger partial charge in [0.25, 0.3) is 0 Å². The van der Waals surface area contributed by atoms with Gasteiger partial charge in [-0.1, -0.05) is 50.6 Å². The molecule has 5 atom stereocenters. The molecule has 2 aromatic carbocycles. The molecule has 0 amide bonds. The lowest BCUT2D eigenvalue weighted by Crippen LogP contribution is -2.64. The average Bonchev–Trinajstić information content (AvgIpc) is 2.84. The van der Waals surface area contributed by atoms with Crippen LogP contribution in [0.5, 0.6) is 5.75 Å². The zero-order valence-electron chi connectivity index (χ0n) is 22.8. The molecular formula is C28H41ClO7Si. The molecule has 9 heteroatoms. The van der Waals surface area contributed by atoms with Gasteiger partial charge < -0.3 is 34.0 Å². The normalized spacial score (nSPS) is 26.8. The van der Waals surface area contributed by atoms with Crippen molar-refractivity contribution in [3.8, 4) is 5.75 Å². The summed E-state index contributed by atoms with van der Waals surface area (Å²) >= 11 is 6.54. The number of halogens is 1. The minimum atomic E-state index is -2.16. The summed E-state index contributed by atoms with van der Waals surface area (Å²) in [6, 6.07) is 13.0. The van der Waals surface area contributed by atoms with Crippen LogP contribution in [0.3, 0.4) is 0 Å². The molecule has 3 rings (SSSR count). The van der Waals surface area contributed by atoms with Crippen LogP contribution in [-0.4, -0.2) is 68.4 Å². The van der Waals surface area contributed by atoms with Crippen molar-refractivity contribution in [2.75, 3.05) is 20.3 Å². The Morgan fingerprint density at radius 1 is 1.03 bits per heavy atom. The van der Waals surface area contributed by atoms with Crippen molar-refractivity contribution in [2.45, 2.75) is 82.5 Å². The topological polar surface area (TPSA) is 97.6 Å². The van der Waals surface area contributed by atoms with Gasteiger partial charge in [0, 0.05) is 17.7 Å². The Hall–Kier alpha value is -1.49. The maximum atomic E-state index is 11.1. The summed E-state index contributed by atoms with van der Waals surface area (Å²) in [6.45, 7) is 13.1. The van der Waals surface area contributed by atoms with Crippen LogP contribution in [0.15, 0.2) is 42.5 Å². The lowest BCUT2D eigenvalue weighted by Gasteiger charge is -2.49. The number of aliphatic hydroxyl groups excluding tert-OH is 3. The fourth-order valence-electron chi connectivity index (χ4n) is 4.18. The quantitative estimate of drug-likeness (QED) is 0.390. The van der Waals surface area contributed by atoms with Gasteiger partial charge in [0.2, 0.25) is 5.79 Å². The van der Waals surface area contributed by atoms with Gasteiger partial charge in [-0.15, -0.1) is 0 Å². The van der Waals surface area contributed by atoms with E-state index in [0.717, 1.165) is 16.9 Å². The molecule has 206 valence electrons. The molecule has 37 heavy (non-hydrogen) atoms. The lowest BCUT2D eigenvalue weighted by atomic mass is 9.87. The first kappa shape index (κ1) is 30.1. The summed E-state index contributed by atoms with van der Waals surface area (Å²) in [5.74, 6) is -0.931. The highest BCUT2D eigenvalue weighted by molar-refractivity contribution is 6.74. The van der Waals surface area contributed by atoms with Gasteiger partial charge in [0.15, 0.2) is 8.32 Å². The van der Waals surface area contributed by atoms with Crippen molar-refractivity contribution in [1.29, 1.82) is 0 Å². The first-order valence-electron chi connectivity index (χ1n) is 12.7. The average molecular weight is 553 g/mol. The number of aliphatic hydroxyl groups is 3. The zero-order chi connectivity index (χ0) is 27.6. The monoisotopic (exact) mass is 552 g/mol. The number of hydrogen-bond donors (Lipinski definition) is 3. The van der Waals surface area contributed by atoms with Gasteiger partial charge in [-0.2, -0.15) is 0 Å². The molecule has 3 N–H and O–H groups in total. The van der Waals surface area contributed by atoms with Crippen LogP contribution in [0.25, 0.3) is 0 Å². The Morgan fingerprint density at radius 2 is 1.68 bits per heavy atom. The van der Waals surface area contributed by atoms with Gasteiger partial charge in [-0.3, -0.25) is 0 Å². The molecule has 1 aliphatic rings. The molecule has 7 nitrogen and oxygen atoms in total. The molecule has 1 saturated heterocycles. The Morgan fingerprint density at radius 3 is 2.24 bits per heavy atom. The summed E-state index contributed by atoms with van der Waals surface area (Å²) in [7, 11) is -0.762. The van der Waals surface area contributed by atoms with Gasteiger partial charge in [-0.25, -0.2) is 0 Å². The van der Waals surface area contributed by atoms with Crippen LogP contribution < -0.4 is 4.74 Å². The van der Waals surface area contributed by atoms with E-state index in [4.69, 9.17) is 30.2 Å². The van der Waals surface area contributed by atoms with E-state index in [1.165, 1.54) is 7.11 Å². The smallest absolute Gasteiger partial charge is 0.224 e. The third-order valence-electron chi connectivity index (χ3n) is 7.57. The molecule has 0 bridgehead atoms. The summed E-state index contributed by atoms with van der Waals surface area (Å²) in [5, 5.41) is 33.2. The Bertz CT molecular complexity index is 1040. The Labute approximate surface area is 226 Å².